The Labute approximate surface area is 97.8 Å². The van der Waals surface area contributed by atoms with Crippen molar-refractivity contribution in [3.8, 4) is 0 Å². The Hall–Kier alpha value is -1.11. The summed E-state index contributed by atoms with van der Waals surface area (Å²) in [5.41, 5.74) is -0.768. The maximum absolute atomic E-state index is 12.5. The fourth-order valence-corrected chi connectivity index (χ4v) is 1.61. The molecule has 0 saturated carbocycles. The lowest BCUT2D eigenvalue weighted by atomic mass is 10.1. The number of halogens is 4. The zero-order valence-corrected chi connectivity index (χ0v) is 9.72. The molecule has 0 fully saturated rings. The molecule has 0 amide bonds. The second kappa shape index (κ2) is 4.82. The summed E-state index contributed by atoms with van der Waals surface area (Å²) in [4.78, 5) is 14.4. The number of ether oxygens (including phenoxy) is 1. The first-order valence-electron chi connectivity index (χ1n) is 4.12. The Balaban J connectivity index is 3.09. The van der Waals surface area contributed by atoms with Gasteiger partial charge in [0.1, 0.15) is 0 Å². The van der Waals surface area contributed by atoms with Gasteiger partial charge in [-0.05, 0) is 21.5 Å². The minimum Gasteiger partial charge on any atom is -0.469 e. The number of hydrogen-bond acceptors (Lipinski definition) is 3. The predicted octanol–water partition coefficient (Wildman–Crippen LogP) is 2.58. The molecule has 0 aliphatic rings. The Bertz CT molecular complexity index is 406. The lowest BCUT2D eigenvalue weighted by molar-refractivity contribution is -0.141. The minimum absolute atomic E-state index is 0.140. The van der Waals surface area contributed by atoms with E-state index < -0.39 is 17.7 Å². The van der Waals surface area contributed by atoms with Gasteiger partial charge < -0.3 is 4.74 Å². The van der Waals surface area contributed by atoms with Crippen molar-refractivity contribution in [3.05, 3.63) is 28.0 Å². The van der Waals surface area contributed by atoms with Gasteiger partial charge in [-0.15, -0.1) is 0 Å². The standard InChI is InChI=1S/C9H7BrF3NO2/c1-16-7(15)2-5-3-14-4-6(8(5)10)9(11,12)13/h3-4H,2H2,1H3. The van der Waals surface area contributed by atoms with Crippen LogP contribution in [0.2, 0.25) is 0 Å². The molecule has 1 heterocycles. The number of carbonyl (C=O) groups excluding carboxylic acids is 1. The van der Waals surface area contributed by atoms with Crippen molar-refractivity contribution >= 4 is 21.9 Å². The van der Waals surface area contributed by atoms with E-state index in [4.69, 9.17) is 0 Å². The molecule has 0 aromatic carbocycles. The van der Waals surface area contributed by atoms with Crippen LogP contribution in [-0.2, 0) is 22.1 Å². The molecule has 7 heteroatoms. The van der Waals surface area contributed by atoms with E-state index in [-0.39, 0.29) is 16.5 Å². The van der Waals surface area contributed by atoms with Gasteiger partial charge in [-0.1, -0.05) is 0 Å². The highest BCUT2D eigenvalue weighted by Crippen LogP contribution is 2.35. The number of nitrogens with zero attached hydrogens (tertiary/aromatic N) is 1. The lowest BCUT2D eigenvalue weighted by Gasteiger charge is -2.11. The van der Waals surface area contributed by atoms with Crippen molar-refractivity contribution in [3.63, 3.8) is 0 Å². The van der Waals surface area contributed by atoms with E-state index in [1.807, 2.05) is 0 Å². The summed E-state index contributed by atoms with van der Waals surface area (Å²) < 4.78 is 41.6. The Kier molecular flexibility index (Phi) is 3.90. The van der Waals surface area contributed by atoms with E-state index in [0.717, 1.165) is 7.11 Å². The fourth-order valence-electron chi connectivity index (χ4n) is 1.04. The monoisotopic (exact) mass is 297 g/mol. The lowest BCUT2D eigenvalue weighted by Crippen LogP contribution is -2.11. The topological polar surface area (TPSA) is 39.2 Å². The number of alkyl halides is 3. The van der Waals surface area contributed by atoms with E-state index >= 15 is 0 Å². The Morgan fingerprint density at radius 2 is 2.12 bits per heavy atom. The SMILES string of the molecule is COC(=O)Cc1cncc(C(F)(F)F)c1Br. The number of carbonyl (C=O) groups is 1. The molecule has 0 saturated heterocycles. The van der Waals surface area contributed by atoms with Gasteiger partial charge in [0.15, 0.2) is 0 Å². The van der Waals surface area contributed by atoms with Gasteiger partial charge in [0, 0.05) is 16.9 Å². The maximum atomic E-state index is 12.5. The smallest absolute Gasteiger partial charge is 0.418 e. The highest BCUT2D eigenvalue weighted by molar-refractivity contribution is 9.10. The Morgan fingerprint density at radius 3 is 2.62 bits per heavy atom. The van der Waals surface area contributed by atoms with Gasteiger partial charge in [0.05, 0.1) is 19.1 Å². The summed E-state index contributed by atoms with van der Waals surface area (Å²) in [5.74, 6) is -0.623. The summed E-state index contributed by atoms with van der Waals surface area (Å²) in [6.07, 6.45) is -2.87. The number of esters is 1. The van der Waals surface area contributed by atoms with Crippen LogP contribution < -0.4 is 0 Å². The molecule has 3 nitrogen and oxygen atoms in total. The predicted molar refractivity (Wildman–Crippen MR) is 52.7 cm³/mol. The van der Waals surface area contributed by atoms with Crippen LogP contribution in [0.4, 0.5) is 13.2 Å². The van der Waals surface area contributed by atoms with Gasteiger partial charge in [0.2, 0.25) is 0 Å². The van der Waals surface area contributed by atoms with E-state index in [1.165, 1.54) is 6.20 Å². The summed E-state index contributed by atoms with van der Waals surface area (Å²) in [5, 5.41) is 0. The van der Waals surface area contributed by atoms with Crippen molar-refractivity contribution in [1.82, 2.24) is 4.98 Å². The van der Waals surface area contributed by atoms with Crippen LogP contribution in [0, 0.1) is 0 Å². The molecule has 1 aromatic rings. The van der Waals surface area contributed by atoms with Gasteiger partial charge in [-0.2, -0.15) is 13.2 Å². The molecule has 88 valence electrons. The number of pyridine rings is 1. The molecule has 0 atom stereocenters. The number of rotatable bonds is 2. The van der Waals surface area contributed by atoms with E-state index in [0.29, 0.717) is 6.20 Å². The van der Waals surface area contributed by atoms with E-state index in [9.17, 15) is 18.0 Å². The van der Waals surface area contributed by atoms with Crippen LogP contribution in [0.3, 0.4) is 0 Å². The molecule has 0 bridgehead atoms. The molecule has 0 spiro atoms. The van der Waals surface area contributed by atoms with Gasteiger partial charge >= 0.3 is 12.1 Å². The third kappa shape index (κ3) is 2.94. The van der Waals surface area contributed by atoms with E-state index in [1.54, 1.807) is 0 Å². The Morgan fingerprint density at radius 1 is 1.50 bits per heavy atom. The molecule has 0 aliphatic heterocycles. The minimum atomic E-state index is -4.50. The average Bonchev–Trinajstić information content (AvgIpc) is 2.19. The number of aromatic nitrogens is 1. The normalized spacial score (nSPS) is 11.3. The van der Waals surface area contributed by atoms with Gasteiger partial charge in [-0.25, -0.2) is 0 Å². The van der Waals surface area contributed by atoms with Crippen molar-refractivity contribution in [1.29, 1.82) is 0 Å². The fraction of sp³-hybridized carbons (Fsp3) is 0.333. The zero-order chi connectivity index (χ0) is 12.3. The van der Waals surface area contributed by atoms with Crippen LogP contribution in [0.25, 0.3) is 0 Å². The third-order valence-corrected chi connectivity index (χ3v) is 2.76. The molecule has 1 rings (SSSR count). The van der Waals surface area contributed by atoms with Gasteiger partial charge in [0.25, 0.3) is 0 Å². The van der Waals surface area contributed by atoms with Crippen molar-refractivity contribution < 1.29 is 22.7 Å². The van der Waals surface area contributed by atoms with Crippen LogP contribution in [0.5, 0.6) is 0 Å². The molecule has 0 radical (unpaired) electrons. The van der Waals surface area contributed by atoms with Crippen LogP contribution in [-0.4, -0.2) is 18.1 Å². The first kappa shape index (κ1) is 13.0. The molecular weight excluding hydrogens is 291 g/mol. The second-order valence-electron chi connectivity index (χ2n) is 2.91. The third-order valence-electron chi connectivity index (χ3n) is 1.82. The summed E-state index contributed by atoms with van der Waals surface area (Å²) in [7, 11) is 1.16. The molecule has 0 N–H and O–H groups in total. The van der Waals surface area contributed by atoms with Crippen LogP contribution >= 0.6 is 15.9 Å². The zero-order valence-electron chi connectivity index (χ0n) is 8.14. The quantitative estimate of drug-likeness (QED) is 0.788. The van der Waals surface area contributed by atoms with Crippen molar-refractivity contribution in [2.45, 2.75) is 12.6 Å². The number of methoxy groups -OCH3 is 1. The first-order chi connectivity index (χ1) is 7.36. The van der Waals surface area contributed by atoms with Gasteiger partial charge in [-0.3, -0.25) is 9.78 Å². The molecule has 16 heavy (non-hydrogen) atoms. The molecule has 0 unspecified atom stereocenters. The average molecular weight is 298 g/mol. The summed E-state index contributed by atoms with van der Waals surface area (Å²) in [6.45, 7) is 0. The second-order valence-corrected chi connectivity index (χ2v) is 3.70. The number of hydrogen-bond donors (Lipinski definition) is 0. The van der Waals surface area contributed by atoms with Crippen molar-refractivity contribution in [2.75, 3.05) is 7.11 Å². The molecular formula is C9H7BrF3NO2. The van der Waals surface area contributed by atoms with Crippen LogP contribution in [0.15, 0.2) is 16.9 Å². The summed E-state index contributed by atoms with van der Waals surface area (Å²) in [6, 6.07) is 0. The first-order valence-corrected chi connectivity index (χ1v) is 4.92. The highest BCUT2D eigenvalue weighted by atomic mass is 79.9. The van der Waals surface area contributed by atoms with Crippen LogP contribution in [0.1, 0.15) is 11.1 Å². The largest absolute Gasteiger partial charge is 0.469 e. The summed E-state index contributed by atoms with van der Waals surface area (Å²) >= 11 is 2.81. The molecule has 0 aliphatic carbocycles. The highest BCUT2D eigenvalue weighted by Gasteiger charge is 2.34. The molecule has 1 aromatic heterocycles. The van der Waals surface area contributed by atoms with E-state index in [2.05, 4.69) is 25.7 Å². The van der Waals surface area contributed by atoms with Crippen molar-refractivity contribution in [2.24, 2.45) is 0 Å². The maximum Gasteiger partial charge on any atom is 0.418 e.